The highest BCUT2D eigenvalue weighted by molar-refractivity contribution is 6.30. The molecule has 0 aliphatic carbocycles. The molecule has 0 spiro atoms. The van der Waals surface area contributed by atoms with Gasteiger partial charge in [0.1, 0.15) is 17.0 Å². The molecular weight excluding hydrogens is 596 g/mol. The fourth-order valence-electron chi connectivity index (χ4n) is 4.87. The Balaban J connectivity index is 1.36. The van der Waals surface area contributed by atoms with Crippen molar-refractivity contribution in [2.24, 2.45) is 0 Å². The summed E-state index contributed by atoms with van der Waals surface area (Å²) in [4.78, 5) is 42.5. The highest BCUT2D eigenvalue weighted by atomic mass is 35.5. The molecule has 4 aromatic rings. The van der Waals surface area contributed by atoms with Crippen LogP contribution in [0, 0.1) is 0 Å². The highest BCUT2D eigenvalue weighted by Gasteiger charge is 2.30. The monoisotopic (exact) mass is 630 g/mol. The average molecular weight is 631 g/mol. The molecule has 1 saturated heterocycles. The van der Waals surface area contributed by atoms with Gasteiger partial charge in [-0.25, -0.2) is 4.79 Å². The molecule has 10 nitrogen and oxygen atoms in total. The zero-order chi connectivity index (χ0) is 32.1. The Bertz CT molecular complexity index is 1690. The normalized spacial score (nSPS) is 14.1. The lowest BCUT2D eigenvalue weighted by Gasteiger charge is -2.37. The number of hydrogen-bond donors (Lipinski definition) is 0. The molecule has 3 aromatic carbocycles. The minimum absolute atomic E-state index is 0.105. The van der Waals surface area contributed by atoms with E-state index in [0.29, 0.717) is 48.3 Å². The molecule has 1 amide bonds. The van der Waals surface area contributed by atoms with Crippen molar-refractivity contribution in [1.29, 1.82) is 0 Å². The van der Waals surface area contributed by atoms with E-state index >= 15 is 0 Å². The number of halogens is 1. The van der Waals surface area contributed by atoms with Gasteiger partial charge in [0.05, 0.1) is 11.9 Å². The van der Waals surface area contributed by atoms with Crippen molar-refractivity contribution >= 4 is 29.4 Å². The Kier molecular flexibility index (Phi) is 9.43. The van der Waals surface area contributed by atoms with E-state index in [9.17, 15) is 14.4 Å². The van der Waals surface area contributed by atoms with Crippen LogP contribution in [0.3, 0.4) is 0 Å². The third-order valence-electron chi connectivity index (χ3n) is 7.11. The summed E-state index contributed by atoms with van der Waals surface area (Å²) in [6, 6.07) is 24.3. The number of amides is 1. The second-order valence-corrected chi connectivity index (χ2v) is 12.0. The van der Waals surface area contributed by atoms with Crippen LogP contribution >= 0.6 is 11.6 Å². The van der Waals surface area contributed by atoms with Crippen molar-refractivity contribution in [2.45, 2.75) is 39.4 Å². The summed E-state index contributed by atoms with van der Waals surface area (Å²) in [5.41, 5.74) is 1.95. The number of carbonyl (C=O) groups excluding carboxylic acids is 2. The number of hydrogen-bond acceptors (Lipinski definition) is 8. The summed E-state index contributed by atoms with van der Waals surface area (Å²) in [6.07, 6.45) is -0.308. The summed E-state index contributed by atoms with van der Waals surface area (Å²) in [6.45, 7) is 8.17. The average Bonchev–Trinajstić information content (AvgIpc) is 3.02. The summed E-state index contributed by atoms with van der Waals surface area (Å²) in [7, 11) is 0. The molecule has 0 bridgehead atoms. The molecule has 0 saturated carbocycles. The Morgan fingerprint density at radius 1 is 0.867 bits per heavy atom. The van der Waals surface area contributed by atoms with Gasteiger partial charge in [0.2, 0.25) is 5.75 Å². The van der Waals surface area contributed by atoms with Crippen LogP contribution in [0.15, 0.2) is 89.9 Å². The van der Waals surface area contributed by atoms with Gasteiger partial charge >= 0.3 is 11.7 Å². The van der Waals surface area contributed by atoms with E-state index in [1.54, 1.807) is 56.1 Å². The van der Waals surface area contributed by atoms with Crippen molar-refractivity contribution in [3.05, 3.63) is 100 Å². The quantitative estimate of drug-likeness (QED) is 0.218. The van der Waals surface area contributed by atoms with Crippen molar-refractivity contribution < 1.29 is 23.8 Å². The molecule has 11 heteroatoms. The van der Waals surface area contributed by atoms with E-state index in [1.807, 2.05) is 59.5 Å². The van der Waals surface area contributed by atoms with E-state index in [0.717, 1.165) is 11.1 Å². The topological polar surface area (TPSA) is 103 Å². The van der Waals surface area contributed by atoms with Crippen LogP contribution in [0.2, 0.25) is 5.02 Å². The maximum Gasteiger partial charge on any atom is 0.509 e. The molecule has 1 unspecified atom stereocenters. The van der Waals surface area contributed by atoms with Crippen molar-refractivity contribution in [2.75, 3.05) is 31.1 Å². The predicted molar refractivity (Wildman–Crippen MR) is 172 cm³/mol. The van der Waals surface area contributed by atoms with Crippen molar-refractivity contribution in [3.63, 3.8) is 0 Å². The smallest absolute Gasteiger partial charge is 0.449 e. The third-order valence-corrected chi connectivity index (χ3v) is 7.36. The first-order valence-corrected chi connectivity index (χ1v) is 15.0. The summed E-state index contributed by atoms with van der Waals surface area (Å²) < 4.78 is 17.9. The number of ether oxygens (including phenoxy) is 3. The predicted octanol–water partition coefficient (Wildman–Crippen LogP) is 6.33. The van der Waals surface area contributed by atoms with Gasteiger partial charge in [-0.15, -0.1) is 0 Å². The molecule has 0 N–H and O–H groups in total. The van der Waals surface area contributed by atoms with Crippen LogP contribution in [-0.2, 0) is 14.3 Å². The summed E-state index contributed by atoms with van der Waals surface area (Å²) in [5, 5.41) is 4.98. The molecule has 1 aliphatic rings. The van der Waals surface area contributed by atoms with Gasteiger partial charge in [0.15, 0.2) is 6.10 Å². The summed E-state index contributed by atoms with van der Waals surface area (Å²) in [5.74, 6) is 0.268. The minimum atomic E-state index is -1.01. The van der Waals surface area contributed by atoms with Gasteiger partial charge in [-0.3, -0.25) is 9.59 Å². The second-order valence-electron chi connectivity index (χ2n) is 11.6. The number of rotatable bonds is 7. The van der Waals surface area contributed by atoms with Crippen molar-refractivity contribution in [3.8, 4) is 28.3 Å². The molecule has 45 heavy (non-hydrogen) atoms. The highest BCUT2D eigenvalue weighted by Crippen LogP contribution is 2.31. The Morgan fingerprint density at radius 3 is 2.11 bits per heavy atom. The van der Waals surface area contributed by atoms with E-state index in [4.69, 9.17) is 25.8 Å². The number of piperazine rings is 1. The zero-order valence-corrected chi connectivity index (χ0v) is 26.4. The number of aromatic nitrogens is 2. The molecule has 5 rings (SSSR count). The van der Waals surface area contributed by atoms with Gasteiger partial charge in [0.25, 0.3) is 5.91 Å². The molecule has 1 aromatic heterocycles. The van der Waals surface area contributed by atoms with E-state index < -0.39 is 23.4 Å². The van der Waals surface area contributed by atoms with E-state index in [1.165, 1.54) is 11.6 Å². The van der Waals surface area contributed by atoms with Crippen LogP contribution in [0.5, 0.6) is 11.5 Å². The van der Waals surface area contributed by atoms with Crippen LogP contribution in [0.25, 0.3) is 16.8 Å². The van der Waals surface area contributed by atoms with E-state index in [-0.39, 0.29) is 11.7 Å². The molecule has 1 fully saturated rings. The molecule has 2 heterocycles. The summed E-state index contributed by atoms with van der Waals surface area (Å²) >= 11 is 6.07. The van der Waals surface area contributed by atoms with E-state index in [2.05, 4.69) is 5.10 Å². The molecule has 1 atom stereocenters. The van der Waals surface area contributed by atoms with Gasteiger partial charge in [-0.05, 0) is 75.2 Å². The van der Waals surface area contributed by atoms with Gasteiger partial charge < -0.3 is 24.0 Å². The van der Waals surface area contributed by atoms with Crippen LogP contribution < -0.4 is 15.2 Å². The fourth-order valence-corrected chi connectivity index (χ4v) is 5.00. The number of carbonyl (C=O) groups is 2. The van der Waals surface area contributed by atoms with Gasteiger partial charge in [-0.1, -0.05) is 54.1 Å². The van der Waals surface area contributed by atoms with Crippen LogP contribution in [0.4, 0.5) is 10.5 Å². The van der Waals surface area contributed by atoms with Crippen LogP contribution in [0.1, 0.15) is 27.7 Å². The lowest BCUT2D eigenvalue weighted by atomic mass is 10.1. The largest absolute Gasteiger partial charge is 0.509 e. The van der Waals surface area contributed by atoms with Gasteiger partial charge in [0, 0.05) is 31.2 Å². The van der Waals surface area contributed by atoms with Crippen molar-refractivity contribution in [1.82, 2.24) is 14.7 Å². The number of anilines is 1. The minimum Gasteiger partial charge on any atom is -0.449 e. The van der Waals surface area contributed by atoms with Crippen LogP contribution in [-0.4, -0.2) is 64.6 Å². The first-order valence-electron chi connectivity index (χ1n) is 14.6. The Labute approximate surface area is 266 Å². The molecular formula is C34H35ClN4O6. The molecule has 0 radical (unpaired) electrons. The Hall–Kier alpha value is -4.83. The lowest BCUT2D eigenvalue weighted by Crippen LogP contribution is -2.52. The first kappa shape index (κ1) is 31.6. The number of nitrogens with zero attached hydrogens (tertiary/aromatic N) is 4. The first-order chi connectivity index (χ1) is 21.5. The SMILES string of the molecule is CC(OC(=O)OC(C)(C)C)C(=O)N1CCN(c2cnn(-c3ccc(Cl)cc3)c(=O)c2Oc2ccc(-c3ccccc3)cc2)CC1. The molecule has 234 valence electrons. The zero-order valence-electron chi connectivity index (χ0n) is 25.6. The fraction of sp³-hybridized carbons (Fsp3) is 0.294. The maximum absolute atomic E-state index is 13.9. The standard InChI is InChI=1S/C34H35ClN4O6/c1-23(43-33(42)45-34(2,3)4)31(40)38-20-18-37(19-21-38)29-22-36-39(27-14-12-26(35)13-15-27)32(41)30(29)44-28-16-10-25(11-17-28)24-8-6-5-7-9-24/h5-17,22-23H,18-21H2,1-4H3. The number of benzene rings is 3. The van der Waals surface area contributed by atoms with Gasteiger partial charge in [-0.2, -0.15) is 9.78 Å². The lowest BCUT2D eigenvalue weighted by molar-refractivity contribution is -0.142. The second kappa shape index (κ2) is 13.4. The maximum atomic E-state index is 13.9. The molecule has 1 aliphatic heterocycles. The third kappa shape index (κ3) is 7.82. The Morgan fingerprint density at radius 2 is 1.49 bits per heavy atom.